The summed E-state index contributed by atoms with van der Waals surface area (Å²) in [5, 5.41) is 13.0. The molecule has 1 aliphatic heterocycles. The van der Waals surface area contributed by atoms with Crippen molar-refractivity contribution in [3.63, 3.8) is 0 Å². The van der Waals surface area contributed by atoms with Crippen LogP contribution in [0.15, 0.2) is 24.3 Å². The normalized spacial score (nSPS) is 29.2. The monoisotopic (exact) mass is 252 g/mol. The van der Waals surface area contributed by atoms with Crippen LogP contribution in [0.5, 0.6) is 0 Å². The van der Waals surface area contributed by atoms with Crippen molar-refractivity contribution < 1.29 is 9.50 Å². The van der Waals surface area contributed by atoms with Crippen molar-refractivity contribution in [1.82, 2.24) is 4.90 Å². The minimum atomic E-state index is -0.334. The van der Waals surface area contributed by atoms with Gasteiger partial charge in [-0.05, 0) is 45.0 Å². The van der Waals surface area contributed by atoms with Crippen LogP contribution in [0, 0.1) is 5.82 Å². The number of benzene rings is 1. The standard InChI is InChI=1S/C14H21FN2O/c1-11-9-14(10-18,6-7-17(11)2)16-13-5-3-4-12(15)8-13/h3-5,8,11,16,18H,6-7,9-10H2,1-2H3. The molecule has 4 heteroatoms. The van der Waals surface area contributed by atoms with Crippen LogP contribution in [0.25, 0.3) is 0 Å². The molecule has 1 aromatic rings. The molecule has 18 heavy (non-hydrogen) atoms. The number of nitrogens with zero attached hydrogens (tertiary/aromatic N) is 1. The zero-order chi connectivity index (χ0) is 13.2. The number of hydrogen-bond donors (Lipinski definition) is 2. The second kappa shape index (κ2) is 5.24. The van der Waals surface area contributed by atoms with Gasteiger partial charge in [0.15, 0.2) is 0 Å². The van der Waals surface area contributed by atoms with Gasteiger partial charge >= 0.3 is 0 Å². The smallest absolute Gasteiger partial charge is 0.125 e. The van der Waals surface area contributed by atoms with Crippen LogP contribution < -0.4 is 5.32 Å². The number of hydrogen-bond acceptors (Lipinski definition) is 3. The SMILES string of the molecule is CC1CC(CO)(Nc2cccc(F)c2)CCN1C. The van der Waals surface area contributed by atoms with Crippen LogP contribution in [0.2, 0.25) is 0 Å². The molecule has 1 heterocycles. The molecule has 2 N–H and O–H groups in total. The van der Waals surface area contributed by atoms with E-state index in [1.165, 1.54) is 12.1 Å². The third kappa shape index (κ3) is 2.82. The van der Waals surface area contributed by atoms with Crippen LogP contribution in [-0.4, -0.2) is 41.8 Å². The molecule has 1 fully saturated rings. The Kier molecular flexibility index (Phi) is 3.88. The number of likely N-dealkylation sites (tertiary alicyclic amines) is 1. The first-order chi connectivity index (χ1) is 8.54. The molecule has 1 aliphatic rings. The van der Waals surface area contributed by atoms with E-state index < -0.39 is 0 Å². The molecule has 0 aromatic heterocycles. The molecule has 1 saturated heterocycles. The minimum absolute atomic E-state index is 0.0711. The third-order valence-corrected chi connectivity index (χ3v) is 3.92. The summed E-state index contributed by atoms with van der Waals surface area (Å²) >= 11 is 0. The molecule has 100 valence electrons. The van der Waals surface area contributed by atoms with Crippen LogP contribution in [0.3, 0.4) is 0 Å². The van der Waals surface area contributed by atoms with Gasteiger partial charge in [-0.3, -0.25) is 0 Å². The van der Waals surface area contributed by atoms with Gasteiger partial charge in [0.1, 0.15) is 5.82 Å². The summed E-state index contributed by atoms with van der Waals surface area (Å²) in [7, 11) is 2.09. The number of piperidine rings is 1. The minimum Gasteiger partial charge on any atom is -0.394 e. The largest absolute Gasteiger partial charge is 0.394 e. The molecule has 0 spiro atoms. The maximum absolute atomic E-state index is 13.2. The number of aliphatic hydroxyl groups is 1. The lowest BCUT2D eigenvalue weighted by Gasteiger charge is -2.44. The van der Waals surface area contributed by atoms with Gasteiger partial charge in [-0.15, -0.1) is 0 Å². The number of nitrogens with one attached hydrogen (secondary N) is 1. The maximum Gasteiger partial charge on any atom is 0.125 e. The Balaban J connectivity index is 2.13. The van der Waals surface area contributed by atoms with E-state index in [1.807, 2.05) is 6.07 Å². The van der Waals surface area contributed by atoms with Gasteiger partial charge in [-0.25, -0.2) is 4.39 Å². The molecule has 1 aromatic carbocycles. The summed E-state index contributed by atoms with van der Waals surface area (Å²) in [6.45, 7) is 3.16. The zero-order valence-corrected chi connectivity index (χ0v) is 11.0. The van der Waals surface area contributed by atoms with Crippen molar-refractivity contribution in [1.29, 1.82) is 0 Å². The van der Waals surface area contributed by atoms with Crippen molar-refractivity contribution in [3.05, 3.63) is 30.1 Å². The maximum atomic E-state index is 13.2. The van der Waals surface area contributed by atoms with Crippen molar-refractivity contribution in [3.8, 4) is 0 Å². The quantitative estimate of drug-likeness (QED) is 0.864. The zero-order valence-electron chi connectivity index (χ0n) is 11.0. The van der Waals surface area contributed by atoms with Gasteiger partial charge in [-0.2, -0.15) is 0 Å². The van der Waals surface area contributed by atoms with E-state index in [0.717, 1.165) is 25.1 Å². The van der Waals surface area contributed by atoms with E-state index in [9.17, 15) is 9.50 Å². The highest BCUT2D eigenvalue weighted by atomic mass is 19.1. The summed E-state index contributed by atoms with van der Waals surface area (Å²) in [5.74, 6) is -0.255. The Morgan fingerprint density at radius 2 is 2.33 bits per heavy atom. The summed E-state index contributed by atoms with van der Waals surface area (Å²) in [6, 6.07) is 6.82. The average Bonchev–Trinajstić information content (AvgIpc) is 2.34. The fourth-order valence-corrected chi connectivity index (χ4v) is 2.60. The first kappa shape index (κ1) is 13.3. The molecule has 0 saturated carbocycles. The Morgan fingerprint density at radius 1 is 1.56 bits per heavy atom. The Hall–Kier alpha value is -1.13. The van der Waals surface area contributed by atoms with Gasteiger partial charge in [-0.1, -0.05) is 6.07 Å². The van der Waals surface area contributed by atoms with E-state index >= 15 is 0 Å². The molecule has 2 rings (SSSR count). The predicted molar refractivity (Wildman–Crippen MR) is 71.2 cm³/mol. The second-order valence-corrected chi connectivity index (χ2v) is 5.36. The van der Waals surface area contributed by atoms with E-state index in [2.05, 4.69) is 24.2 Å². The lowest BCUT2D eigenvalue weighted by atomic mass is 9.84. The van der Waals surface area contributed by atoms with Crippen LogP contribution >= 0.6 is 0 Å². The lowest BCUT2D eigenvalue weighted by Crippen LogP contribution is -2.54. The van der Waals surface area contributed by atoms with Crippen LogP contribution in [-0.2, 0) is 0 Å². The molecule has 0 aliphatic carbocycles. The van der Waals surface area contributed by atoms with Gasteiger partial charge < -0.3 is 15.3 Å². The van der Waals surface area contributed by atoms with Gasteiger partial charge in [0.2, 0.25) is 0 Å². The third-order valence-electron chi connectivity index (χ3n) is 3.92. The van der Waals surface area contributed by atoms with E-state index in [4.69, 9.17) is 0 Å². The van der Waals surface area contributed by atoms with E-state index in [0.29, 0.717) is 6.04 Å². The van der Waals surface area contributed by atoms with Gasteiger partial charge in [0, 0.05) is 18.3 Å². The Labute approximate surface area is 108 Å². The number of rotatable bonds is 3. The van der Waals surface area contributed by atoms with Crippen LogP contribution in [0.4, 0.5) is 10.1 Å². The highest BCUT2D eigenvalue weighted by molar-refractivity contribution is 5.46. The van der Waals surface area contributed by atoms with Crippen molar-refractivity contribution in [2.24, 2.45) is 0 Å². The van der Waals surface area contributed by atoms with Crippen molar-refractivity contribution in [2.75, 3.05) is 25.5 Å². The average molecular weight is 252 g/mol. The van der Waals surface area contributed by atoms with Crippen LogP contribution in [0.1, 0.15) is 19.8 Å². The van der Waals surface area contributed by atoms with Crippen molar-refractivity contribution >= 4 is 5.69 Å². The Morgan fingerprint density at radius 3 is 2.94 bits per heavy atom. The Bertz CT molecular complexity index is 413. The number of anilines is 1. The summed E-state index contributed by atoms with van der Waals surface area (Å²) in [5.41, 5.74) is 0.403. The fourth-order valence-electron chi connectivity index (χ4n) is 2.60. The molecular formula is C14H21FN2O. The summed E-state index contributed by atoms with van der Waals surface area (Å²) < 4.78 is 13.2. The first-order valence-corrected chi connectivity index (χ1v) is 6.39. The van der Waals surface area contributed by atoms with Gasteiger partial charge in [0.05, 0.1) is 12.1 Å². The van der Waals surface area contributed by atoms with E-state index in [1.54, 1.807) is 6.07 Å². The molecule has 0 radical (unpaired) electrons. The number of aliphatic hydroxyl groups excluding tert-OH is 1. The second-order valence-electron chi connectivity index (χ2n) is 5.36. The molecule has 0 amide bonds. The lowest BCUT2D eigenvalue weighted by molar-refractivity contribution is 0.0969. The summed E-state index contributed by atoms with van der Waals surface area (Å²) in [6.07, 6.45) is 1.72. The molecule has 0 bridgehead atoms. The molecular weight excluding hydrogens is 231 g/mol. The molecule has 3 nitrogen and oxygen atoms in total. The van der Waals surface area contributed by atoms with Gasteiger partial charge in [0.25, 0.3) is 0 Å². The topological polar surface area (TPSA) is 35.5 Å². The first-order valence-electron chi connectivity index (χ1n) is 6.39. The molecule has 2 atom stereocenters. The summed E-state index contributed by atoms with van der Waals surface area (Å²) in [4.78, 5) is 2.28. The fraction of sp³-hybridized carbons (Fsp3) is 0.571. The highest BCUT2D eigenvalue weighted by Gasteiger charge is 2.36. The highest BCUT2D eigenvalue weighted by Crippen LogP contribution is 2.29. The predicted octanol–water partition coefficient (Wildman–Crippen LogP) is 2.08. The number of halogens is 1. The van der Waals surface area contributed by atoms with Crippen molar-refractivity contribution in [2.45, 2.75) is 31.3 Å². The molecule has 2 unspecified atom stereocenters. The van der Waals surface area contributed by atoms with E-state index in [-0.39, 0.29) is 18.0 Å².